The average Bonchev–Trinajstić information content (AvgIpc) is 2.62. The van der Waals surface area contributed by atoms with E-state index in [2.05, 4.69) is 9.68 Å². The van der Waals surface area contributed by atoms with Gasteiger partial charge < -0.3 is 14.5 Å². The number of alkyl halides is 3. The van der Waals surface area contributed by atoms with Crippen molar-refractivity contribution >= 4 is 11.9 Å². The number of carboxylic acid groups (broad SMARTS) is 1. The fourth-order valence-corrected chi connectivity index (χ4v) is 1.01. The number of amides is 1. The van der Waals surface area contributed by atoms with Crippen LogP contribution in [0, 0.1) is 0 Å². The molecule has 1 amide bonds. The van der Waals surface area contributed by atoms with Gasteiger partial charge in [0.05, 0.1) is 0 Å². The lowest BCUT2D eigenvalue weighted by Crippen LogP contribution is -2.35. The van der Waals surface area contributed by atoms with Gasteiger partial charge in [0.25, 0.3) is 5.91 Å². The smallest absolute Gasteiger partial charge is 0.406 e. The lowest BCUT2D eigenvalue weighted by molar-refractivity contribution is -0.138. The van der Waals surface area contributed by atoms with E-state index in [1.807, 2.05) is 0 Å². The summed E-state index contributed by atoms with van der Waals surface area (Å²) in [6.45, 7) is -1.46. The van der Waals surface area contributed by atoms with E-state index in [0.717, 1.165) is 13.1 Å². The molecular weight excluding hydrogens is 245 g/mol. The summed E-state index contributed by atoms with van der Waals surface area (Å²) in [5, 5.41) is 11.5. The highest BCUT2D eigenvalue weighted by atomic mass is 19.4. The first-order chi connectivity index (χ1) is 7.70. The highest BCUT2D eigenvalue weighted by Crippen LogP contribution is 2.17. The fraction of sp³-hybridized carbons (Fsp3) is 0.375. The Bertz CT molecular complexity index is 440. The molecule has 0 bridgehead atoms. The number of carbonyl (C=O) groups is 2. The Kier molecular flexibility index (Phi) is 3.39. The van der Waals surface area contributed by atoms with Crippen LogP contribution < -0.4 is 0 Å². The van der Waals surface area contributed by atoms with Crippen LogP contribution in [0.5, 0.6) is 0 Å². The van der Waals surface area contributed by atoms with Gasteiger partial charge in [-0.2, -0.15) is 13.2 Å². The van der Waals surface area contributed by atoms with Crippen molar-refractivity contribution < 1.29 is 32.4 Å². The predicted octanol–water partition coefficient (Wildman–Crippen LogP) is 1.01. The largest absolute Gasteiger partial charge is 0.475 e. The summed E-state index contributed by atoms with van der Waals surface area (Å²) in [4.78, 5) is 22.1. The van der Waals surface area contributed by atoms with E-state index in [0.29, 0.717) is 4.90 Å². The minimum Gasteiger partial charge on any atom is -0.475 e. The molecule has 0 saturated carbocycles. The van der Waals surface area contributed by atoms with Crippen molar-refractivity contribution in [2.45, 2.75) is 6.18 Å². The lowest BCUT2D eigenvalue weighted by Gasteiger charge is -2.17. The summed E-state index contributed by atoms with van der Waals surface area (Å²) in [5.74, 6) is -3.15. The van der Waals surface area contributed by atoms with Crippen LogP contribution in [-0.2, 0) is 0 Å². The Labute approximate surface area is 92.6 Å². The maximum Gasteiger partial charge on any atom is 0.406 e. The number of aromatic carboxylic acids is 1. The second kappa shape index (κ2) is 4.44. The van der Waals surface area contributed by atoms with Gasteiger partial charge in [0.1, 0.15) is 6.54 Å². The summed E-state index contributed by atoms with van der Waals surface area (Å²) in [6, 6.07) is 0.761. The van der Waals surface area contributed by atoms with Crippen molar-refractivity contribution in [2.75, 3.05) is 13.6 Å². The first-order valence-corrected chi connectivity index (χ1v) is 4.23. The molecule has 0 aliphatic heterocycles. The molecule has 0 atom stereocenters. The van der Waals surface area contributed by atoms with Crippen LogP contribution in [0.1, 0.15) is 21.0 Å². The Morgan fingerprint density at radius 3 is 2.53 bits per heavy atom. The summed E-state index contributed by atoms with van der Waals surface area (Å²) in [6.07, 6.45) is -4.54. The molecule has 0 saturated heterocycles. The molecule has 0 unspecified atom stereocenters. The molecule has 0 spiro atoms. The molecule has 0 radical (unpaired) electrons. The molecule has 1 aromatic rings. The Balaban J connectivity index is 2.78. The molecule has 0 aliphatic carbocycles. The molecule has 9 heteroatoms. The van der Waals surface area contributed by atoms with Crippen molar-refractivity contribution in [2.24, 2.45) is 0 Å². The van der Waals surface area contributed by atoms with Crippen LogP contribution in [-0.4, -0.2) is 46.8 Å². The number of halogens is 3. The summed E-state index contributed by atoms with van der Waals surface area (Å²) in [5.41, 5.74) is -0.492. The van der Waals surface area contributed by atoms with Crippen LogP contribution in [0.25, 0.3) is 0 Å². The van der Waals surface area contributed by atoms with E-state index >= 15 is 0 Å². The van der Waals surface area contributed by atoms with Crippen molar-refractivity contribution in [3.8, 4) is 0 Å². The third-order valence-electron chi connectivity index (χ3n) is 1.70. The normalized spacial score (nSPS) is 11.3. The zero-order valence-electron chi connectivity index (χ0n) is 8.48. The van der Waals surface area contributed by atoms with Gasteiger partial charge in [-0.3, -0.25) is 4.79 Å². The van der Waals surface area contributed by atoms with Gasteiger partial charge in [0, 0.05) is 13.1 Å². The van der Waals surface area contributed by atoms with E-state index in [1.165, 1.54) is 0 Å². The molecule has 0 aliphatic rings. The second-order valence-electron chi connectivity index (χ2n) is 3.16. The monoisotopic (exact) mass is 252 g/mol. The Morgan fingerprint density at radius 1 is 1.53 bits per heavy atom. The quantitative estimate of drug-likeness (QED) is 0.867. The number of rotatable bonds is 3. The average molecular weight is 252 g/mol. The van der Waals surface area contributed by atoms with E-state index in [-0.39, 0.29) is 0 Å². The molecule has 1 N–H and O–H groups in total. The highest BCUT2D eigenvalue weighted by Gasteiger charge is 2.32. The molecule has 0 fully saturated rings. The molecule has 1 aromatic heterocycles. The van der Waals surface area contributed by atoms with Crippen molar-refractivity contribution in [1.29, 1.82) is 0 Å². The predicted molar refractivity (Wildman–Crippen MR) is 46.5 cm³/mol. The summed E-state index contributed by atoms with van der Waals surface area (Å²) < 4.78 is 40.2. The van der Waals surface area contributed by atoms with Crippen LogP contribution in [0.4, 0.5) is 13.2 Å². The SMILES string of the molecule is CN(CC(F)(F)F)C(=O)c1cc(C(=O)O)on1. The number of carboxylic acids is 1. The first kappa shape index (κ1) is 13.0. The number of carbonyl (C=O) groups excluding carboxylic acids is 1. The summed E-state index contributed by atoms with van der Waals surface area (Å²) in [7, 11) is 0.922. The van der Waals surface area contributed by atoms with Gasteiger partial charge in [-0.05, 0) is 0 Å². The number of aromatic nitrogens is 1. The standard InChI is InChI=1S/C8H7F3N2O4/c1-13(3-8(9,10)11)6(14)4-2-5(7(15)16)17-12-4/h2H,3H2,1H3,(H,15,16). The molecule has 1 heterocycles. The van der Waals surface area contributed by atoms with Crippen LogP contribution in [0.3, 0.4) is 0 Å². The van der Waals surface area contributed by atoms with E-state index in [4.69, 9.17) is 5.11 Å². The zero-order valence-corrected chi connectivity index (χ0v) is 8.48. The molecule has 1 rings (SSSR count). The van der Waals surface area contributed by atoms with E-state index in [1.54, 1.807) is 0 Å². The molecular formula is C8H7F3N2O4. The third-order valence-corrected chi connectivity index (χ3v) is 1.70. The van der Waals surface area contributed by atoms with E-state index in [9.17, 15) is 22.8 Å². The van der Waals surface area contributed by atoms with Gasteiger partial charge >= 0.3 is 12.1 Å². The minimum atomic E-state index is -4.54. The minimum absolute atomic E-state index is 0.365. The van der Waals surface area contributed by atoms with E-state index < -0.39 is 36.1 Å². The fourth-order valence-electron chi connectivity index (χ4n) is 1.01. The summed E-state index contributed by atoms with van der Waals surface area (Å²) >= 11 is 0. The van der Waals surface area contributed by atoms with Gasteiger partial charge in [-0.25, -0.2) is 4.79 Å². The topological polar surface area (TPSA) is 83.6 Å². The lowest BCUT2D eigenvalue weighted by atomic mass is 10.3. The van der Waals surface area contributed by atoms with Crippen LogP contribution >= 0.6 is 0 Å². The Hall–Kier alpha value is -2.06. The molecule has 0 aromatic carbocycles. The van der Waals surface area contributed by atoms with Crippen LogP contribution in [0.2, 0.25) is 0 Å². The van der Waals surface area contributed by atoms with Crippen molar-refractivity contribution in [3.63, 3.8) is 0 Å². The molecule has 17 heavy (non-hydrogen) atoms. The second-order valence-corrected chi connectivity index (χ2v) is 3.16. The van der Waals surface area contributed by atoms with Gasteiger partial charge in [-0.1, -0.05) is 5.16 Å². The maximum absolute atomic E-state index is 12.0. The number of hydrogen-bond donors (Lipinski definition) is 1. The van der Waals surface area contributed by atoms with Gasteiger partial charge in [-0.15, -0.1) is 0 Å². The number of nitrogens with zero attached hydrogens (tertiary/aromatic N) is 2. The third kappa shape index (κ3) is 3.47. The number of hydrogen-bond acceptors (Lipinski definition) is 4. The van der Waals surface area contributed by atoms with Gasteiger partial charge in [0.15, 0.2) is 5.69 Å². The van der Waals surface area contributed by atoms with Crippen molar-refractivity contribution in [3.05, 3.63) is 17.5 Å². The van der Waals surface area contributed by atoms with Crippen LogP contribution in [0.15, 0.2) is 10.6 Å². The zero-order chi connectivity index (χ0) is 13.2. The highest BCUT2D eigenvalue weighted by molar-refractivity contribution is 5.94. The first-order valence-electron chi connectivity index (χ1n) is 4.23. The van der Waals surface area contributed by atoms with Crippen molar-refractivity contribution in [1.82, 2.24) is 10.1 Å². The Morgan fingerprint density at radius 2 is 2.12 bits per heavy atom. The maximum atomic E-state index is 12.0. The molecule has 6 nitrogen and oxygen atoms in total. The molecule has 94 valence electrons. The van der Waals surface area contributed by atoms with Gasteiger partial charge in [0.2, 0.25) is 5.76 Å².